The van der Waals surface area contributed by atoms with E-state index in [4.69, 9.17) is 4.74 Å². The van der Waals surface area contributed by atoms with E-state index in [1.165, 1.54) is 0 Å². The van der Waals surface area contributed by atoms with E-state index < -0.39 is 0 Å². The number of benzene rings is 1. The van der Waals surface area contributed by atoms with Crippen LogP contribution in [0.5, 0.6) is 5.75 Å². The van der Waals surface area contributed by atoms with Crippen molar-refractivity contribution in [2.24, 2.45) is 0 Å². The van der Waals surface area contributed by atoms with Crippen LogP contribution in [0, 0.1) is 0 Å². The second-order valence-corrected chi connectivity index (χ2v) is 4.47. The molecule has 2 rings (SSSR count). The number of hydrogen-bond acceptors (Lipinski definition) is 3. The molecule has 0 amide bonds. The molecule has 0 bridgehead atoms. The first-order valence-corrected chi connectivity index (χ1v) is 6.24. The Morgan fingerprint density at radius 1 is 1.35 bits per heavy atom. The van der Waals surface area contributed by atoms with Crippen LogP contribution in [0.25, 0.3) is 0 Å². The molecule has 0 unspecified atom stereocenters. The van der Waals surface area contributed by atoms with E-state index in [2.05, 4.69) is 5.32 Å². The zero-order chi connectivity index (χ0) is 12.1. The quantitative estimate of drug-likeness (QED) is 0.580. The molecule has 17 heavy (non-hydrogen) atoms. The van der Waals surface area contributed by atoms with Gasteiger partial charge in [-0.15, -0.1) is 0 Å². The number of rotatable bonds is 7. The maximum absolute atomic E-state index is 11.8. The molecule has 1 aromatic rings. The second kappa shape index (κ2) is 5.82. The van der Waals surface area contributed by atoms with Crippen LogP contribution in [0.4, 0.5) is 0 Å². The van der Waals surface area contributed by atoms with Crippen molar-refractivity contribution in [3.63, 3.8) is 0 Å². The summed E-state index contributed by atoms with van der Waals surface area (Å²) in [5.41, 5.74) is 0.782. The van der Waals surface area contributed by atoms with E-state index in [9.17, 15) is 4.79 Å². The third-order valence-corrected chi connectivity index (χ3v) is 2.83. The topological polar surface area (TPSA) is 38.3 Å². The lowest BCUT2D eigenvalue weighted by Gasteiger charge is -2.05. The largest absolute Gasteiger partial charge is 0.490 e. The molecular weight excluding hydrogens is 214 g/mol. The van der Waals surface area contributed by atoms with Gasteiger partial charge in [0.25, 0.3) is 0 Å². The number of carbonyl (C=O) groups is 1. The molecule has 0 spiro atoms. The predicted octanol–water partition coefficient (Wildman–Crippen LogP) is 2.41. The molecule has 0 atom stereocenters. The fourth-order valence-corrected chi connectivity index (χ4v) is 1.67. The smallest absolute Gasteiger partial charge is 0.162 e. The van der Waals surface area contributed by atoms with E-state index in [0.29, 0.717) is 12.5 Å². The number of carbonyl (C=O) groups excluding carboxylic acids is 1. The van der Waals surface area contributed by atoms with Crippen molar-refractivity contribution in [2.45, 2.75) is 31.8 Å². The zero-order valence-electron chi connectivity index (χ0n) is 10.2. The fourth-order valence-electron chi connectivity index (χ4n) is 1.67. The predicted molar refractivity (Wildman–Crippen MR) is 67.6 cm³/mol. The van der Waals surface area contributed by atoms with Crippen molar-refractivity contribution < 1.29 is 9.53 Å². The molecule has 1 aliphatic carbocycles. The normalized spacial score (nSPS) is 14.6. The summed E-state index contributed by atoms with van der Waals surface area (Å²) in [4.78, 5) is 11.8. The molecule has 0 saturated heterocycles. The lowest BCUT2D eigenvalue weighted by molar-refractivity contribution is 0.0980. The van der Waals surface area contributed by atoms with Gasteiger partial charge in [0.2, 0.25) is 0 Å². The van der Waals surface area contributed by atoms with Crippen LogP contribution >= 0.6 is 0 Å². The van der Waals surface area contributed by atoms with Crippen LogP contribution in [-0.2, 0) is 0 Å². The molecule has 1 aromatic carbocycles. The average Bonchev–Trinajstić information content (AvgIpc) is 3.14. The van der Waals surface area contributed by atoms with Gasteiger partial charge in [-0.2, -0.15) is 0 Å². The van der Waals surface area contributed by atoms with Gasteiger partial charge in [-0.25, -0.2) is 0 Å². The Hall–Kier alpha value is -1.35. The molecular formula is C14H19NO2. The van der Waals surface area contributed by atoms with Gasteiger partial charge in [-0.3, -0.25) is 4.79 Å². The van der Waals surface area contributed by atoms with Gasteiger partial charge in [0.15, 0.2) is 5.78 Å². The second-order valence-electron chi connectivity index (χ2n) is 4.47. The minimum atomic E-state index is 0.207. The molecule has 1 aliphatic rings. The lowest BCUT2D eigenvalue weighted by Crippen LogP contribution is -2.10. The highest BCUT2D eigenvalue weighted by atomic mass is 16.5. The fraction of sp³-hybridized carbons (Fsp3) is 0.500. The summed E-state index contributed by atoms with van der Waals surface area (Å²) in [6.45, 7) is 0.884. The van der Waals surface area contributed by atoms with E-state index in [-0.39, 0.29) is 5.78 Å². The minimum Gasteiger partial charge on any atom is -0.490 e. The van der Waals surface area contributed by atoms with Crippen LogP contribution in [0.3, 0.4) is 0 Å². The van der Waals surface area contributed by atoms with Crippen molar-refractivity contribution in [1.29, 1.82) is 0 Å². The third kappa shape index (κ3) is 3.86. The van der Waals surface area contributed by atoms with E-state index in [0.717, 1.165) is 37.1 Å². The highest BCUT2D eigenvalue weighted by Crippen LogP contribution is 2.26. The van der Waals surface area contributed by atoms with Gasteiger partial charge in [0.05, 0.1) is 6.10 Å². The molecule has 3 nitrogen and oxygen atoms in total. The van der Waals surface area contributed by atoms with Gasteiger partial charge in [-0.1, -0.05) is 0 Å². The summed E-state index contributed by atoms with van der Waals surface area (Å²) in [6, 6.07) is 7.51. The maximum Gasteiger partial charge on any atom is 0.162 e. The molecule has 0 aliphatic heterocycles. The van der Waals surface area contributed by atoms with Gasteiger partial charge in [-0.05, 0) is 57.1 Å². The summed E-state index contributed by atoms with van der Waals surface area (Å²) in [5.74, 6) is 1.08. The molecule has 1 N–H and O–H groups in total. The molecule has 0 radical (unpaired) electrons. The van der Waals surface area contributed by atoms with Gasteiger partial charge in [0.1, 0.15) is 5.75 Å². The Morgan fingerprint density at radius 2 is 2.06 bits per heavy atom. The molecule has 0 aromatic heterocycles. The summed E-state index contributed by atoms with van der Waals surface area (Å²) in [6.07, 6.45) is 4.21. The van der Waals surface area contributed by atoms with Crippen LogP contribution in [-0.4, -0.2) is 25.5 Å². The van der Waals surface area contributed by atoms with Crippen molar-refractivity contribution in [3.8, 4) is 5.75 Å². The van der Waals surface area contributed by atoms with Crippen LogP contribution in [0.15, 0.2) is 24.3 Å². The summed E-state index contributed by atoms with van der Waals surface area (Å²) < 4.78 is 5.64. The van der Waals surface area contributed by atoms with Gasteiger partial charge >= 0.3 is 0 Å². The SMILES string of the molecule is CNCCCC(=O)c1ccc(OC2CC2)cc1. The number of ether oxygens (including phenoxy) is 1. The Bertz CT molecular complexity index is 368. The molecule has 92 valence electrons. The van der Waals surface area contributed by atoms with Crippen molar-refractivity contribution in [3.05, 3.63) is 29.8 Å². The number of nitrogens with one attached hydrogen (secondary N) is 1. The Morgan fingerprint density at radius 3 is 2.65 bits per heavy atom. The highest BCUT2D eigenvalue weighted by Gasteiger charge is 2.23. The summed E-state index contributed by atoms with van der Waals surface area (Å²) in [7, 11) is 1.90. The third-order valence-electron chi connectivity index (χ3n) is 2.83. The first-order chi connectivity index (χ1) is 8.29. The number of ketones is 1. The van der Waals surface area contributed by atoms with Crippen molar-refractivity contribution >= 4 is 5.78 Å². The summed E-state index contributed by atoms with van der Waals surface area (Å²) in [5, 5.41) is 3.04. The number of Topliss-reactive ketones (excluding diaryl/α,β-unsaturated/α-hetero) is 1. The van der Waals surface area contributed by atoms with E-state index in [1.54, 1.807) is 0 Å². The van der Waals surface area contributed by atoms with Gasteiger partial charge < -0.3 is 10.1 Å². The van der Waals surface area contributed by atoms with Gasteiger partial charge in [0, 0.05) is 12.0 Å². The van der Waals surface area contributed by atoms with E-state index in [1.807, 2.05) is 31.3 Å². The van der Waals surface area contributed by atoms with Crippen molar-refractivity contribution in [1.82, 2.24) is 5.32 Å². The minimum absolute atomic E-state index is 0.207. The molecule has 3 heteroatoms. The average molecular weight is 233 g/mol. The Labute approximate surface area is 102 Å². The highest BCUT2D eigenvalue weighted by molar-refractivity contribution is 5.96. The monoisotopic (exact) mass is 233 g/mol. The van der Waals surface area contributed by atoms with Crippen LogP contribution < -0.4 is 10.1 Å². The van der Waals surface area contributed by atoms with Crippen molar-refractivity contribution in [2.75, 3.05) is 13.6 Å². The Kier molecular flexibility index (Phi) is 4.15. The molecule has 1 saturated carbocycles. The lowest BCUT2D eigenvalue weighted by atomic mass is 10.1. The number of hydrogen-bond donors (Lipinski definition) is 1. The summed E-state index contributed by atoms with van der Waals surface area (Å²) >= 11 is 0. The van der Waals surface area contributed by atoms with Crippen LogP contribution in [0.1, 0.15) is 36.0 Å². The van der Waals surface area contributed by atoms with E-state index >= 15 is 0 Å². The maximum atomic E-state index is 11.8. The Balaban J connectivity index is 1.85. The van der Waals surface area contributed by atoms with Crippen LogP contribution in [0.2, 0.25) is 0 Å². The standard InChI is InChI=1S/C14H19NO2/c1-15-10-2-3-14(16)11-4-6-12(7-5-11)17-13-8-9-13/h4-7,13,15H,2-3,8-10H2,1H3. The molecule has 0 heterocycles. The first-order valence-electron chi connectivity index (χ1n) is 6.24. The zero-order valence-corrected chi connectivity index (χ0v) is 10.2. The molecule has 1 fully saturated rings. The first kappa shape index (κ1) is 12.1.